The molecule has 3 aromatic rings. The Balaban J connectivity index is 1.66. The topological polar surface area (TPSA) is 80.0 Å². The van der Waals surface area contributed by atoms with Crippen LogP contribution in [0.1, 0.15) is 16.2 Å². The van der Waals surface area contributed by atoms with Gasteiger partial charge in [-0.3, -0.25) is 4.79 Å². The Morgan fingerprint density at radius 1 is 1.17 bits per heavy atom. The number of hydrogen-bond donors (Lipinski definition) is 2. The molecule has 3 rings (SSSR count). The van der Waals surface area contributed by atoms with E-state index in [-0.39, 0.29) is 11.6 Å². The second-order valence-corrected chi connectivity index (χ2v) is 5.60. The van der Waals surface area contributed by atoms with Crippen molar-refractivity contribution in [1.82, 2.24) is 15.3 Å². The Labute approximate surface area is 141 Å². The van der Waals surface area contributed by atoms with E-state index in [1.165, 1.54) is 6.33 Å². The van der Waals surface area contributed by atoms with Crippen molar-refractivity contribution in [2.45, 2.75) is 6.54 Å². The minimum atomic E-state index is -0.289. The zero-order valence-electron chi connectivity index (χ0n) is 12.0. The molecule has 0 aliphatic heterocycles. The molecule has 0 aliphatic rings. The van der Waals surface area contributed by atoms with E-state index in [1.54, 1.807) is 24.5 Å². The molecular formula is C16H13BrN4O2. The average molecular weight is 373 g/mol. The number of amides is 1. The van der Waals surface area contributed by atoms with Gasteiger partial charge in [-0.05, 0) is 36.4 Å². The maximum Gasteiger partial charge on any atom is 0.270 e. The number of hydrogen-bond acceptors (Lipinski definition) is 5. The molecule has 7 heteroatoms. The van der Waals surface area contributed by atoms with Crippen molar-refractivity contribution in [2.75, 3.05) is 5.32 Å². The first kappa shape index (κ1) is 15.2. The molecule has 2 N–H and O–H groups in total. The monoisotopic (exact) mass is 372 g/mol. The predicted octanol–water partition coefficient (Wildman–Crippen LogP) is 3.51. The van der Waals surface area contributed by atoms with Crippen molar-refractivity contribution in [3.05, 3.63) is 71.0 Å². The molecule has 0 atom stereocenters. The van der Waals surface area contributed by atoms with E-state index in [0.29, 0.717) is 18.1 Å². The molecule has 2 heterocycles. The van der Waals surface area contributed by atoms with E-state index in [4.69, 9.17) is 4.42 Å². The molecular weight excluding hydrogens is 360 g/mol. The van der Waals surface area contributed by atoms with Gasteiger partial charge in [0.05, 0.1) is 12.8 Å². The lowest BCUT2D eigenvalue weighted by Gasteiger charge is -2.07. The van der Waals surface area contributed by atoms with Gasteiger partial charge in [0.15, 0.2) is 0 Å². The summed E-state index contributed by atoms with van der Waals surface area (Å²) in [5, 5.41) is 5.87. The summed E-state index contributed by atoms with van der Waals surface area (Å²) in [5.41, 5.74) is 1.15. The molecule has 1 aromatic carbocycles. The van der Waals surface area contributed by atoms with Crippen LogP contribution in [0.25, 0.3) is 0 Å². The molecule has 6 nitrogen and oxygen atoms in total. The van der Waals surface area contributed by atoms with Gasteiger partial charge in [-0.1, -0.05) is 15.9 Å². The second-order valence-electron chi connectivity index (χ2n) is 4.68. The van der Waals surface area contributed by atoms with Crippen LogP contribution in [-0.2, 0) is 6.54 Å². The minimum absolute atomic E-state index is 0.283. The molecule has 0 spiro atoms. The van der Waals surface area contributed by atoms with Crippen molar-refractivity contribution in [3.8, 4) is 0 Å². The SMILES string of the molecule is O=C(NCc1ccco1)c1cc(Nc2ccc(Br)cc2)ncn1. The summed E-state index contributed by atoms with van der Waals surface area (Å²) in [6.45, 7) is 0.311. The zero-order chi connectivity index (χ0) is 16.1. The summed E-state index contributed by atoms with van der Waals surface area (Å²) in [4.78, 5) is 20.2. The van der Waals surface area contributed by atoms with E-state index < -0.39 is 0 Å². The Morgan fingerprint density at radius 2 is 2.00 bits per heavy atom. The Hall–Kier alpha value is -2.67. The van der Waals surface area contributed by atoms with Gasteiger partial charge in [0.1, 0.15) is 23.6 Å². The number of anilines is 2. The summed E-state index contributed by atoms with van der Waals surface area (Å²) in [5.74, 6) is 0.939. The molecule has 0 aliphatic carbocycles. The lowest BCUT2D eigenvalue weighted by Crippen LogP contribution is -2.23. The summed E-state index contributed by atoms with van der Waals surface area (Å²) >= 11 is 3.38. The molecule has 0 unspecified atom stereocenters. The fourth-order valence-corrected chi connectivity index (χ4v) is 2.17. The van der Waals surface area contributed by atoms with E-state index in [1.807, 2.05) is 24.3 Å². The fourth-order valence-electron chi connectivity index (χ4n) is 1.90. The van der Waals surface area contributed by atoms with Crippen LogP contribution in [0.5, 0.6) is 0 Å². The standard InChI is InChI=1S/C16H13BrN4O2/c17-11-3-5-12(6-4-11)21-15-8-14(19-10-20-15)16(22)18-9-13-2-1-7-23-13/h1-8,10H,9H2,(H,18,22)(H,19,20,21). The van der Waals surface area contributed by atoms with Crippen LogP contribution in [-0.4, -0.2) is 15.9 Å². The molecule has 0 bridgehead atoms. The van der Waals surface area contributed by atoms with Crippen molar-refractivity contribution >= 4 is 33.3 Å². The number of halogens is 1. The van der Waals surface area contributed by atoms with E-state index >= 15 is 0 Å². The summed E-state index contributed by atoms with van der Waals surface area (Å²) in [7, 11) is 0. The number of nitrogens with zero attached hydrogens (tertiary/aromatic N) is 2. The average Bonchev–Trinajstić information content (AvgIpc) is 3.08. The number of carbonyl (C=O) groups is 1. The molecule has 0 saturated carbocycles. The summed E-state index contributed by atoms with van der Waals surface area (Å²) in [6.07, 6.45) is 2.91. The van der Waals surface area contributed by atoms with Gasteiger partial charge >= 0.3 is 0 Å². The van der Waals surface area contributed by atoms with Gasteiger partial charge in [0.2, 0.25) is 0 Å². The predicted molar refractivity (Wildman–Crippen MR) is 89.3 cm³/mol. The Kier molecular flexibility index (Phi) is 4.68. The Morgan fingerprint density at radius 3 is 2.74 bits per heavy atom. The summed E-state index contributed by atoms with van der Waals surface area (Å²) < 4.78 is 6.16. The van der Waals surface area contributed by atoms with Crippen molar-refractivity contribution < 1.29 is 9.21 Å². The zero-order valence-corrected chi connectivity index (χ0v) is 13.6. The largest absolute Gasteiger partial charge is 0.467 e. The number of furan rings is 1. The Bertz CT molecular complexity index is 788. The van der Waals surface area contributed by atoms with E-state index in [2.05, 4.69) is 36.5 Å². The number of nitrogens with one attached hydrogen (secondary N) is 2. The van der Waals surface area contributed by atoms with Gasteiger partial charge in [0.25, 0.3) is 5.91 Å². The van der Waals surface area contributed by atoms with Crippen LogP contribution < -0.4 is 10.6 Å². The molecule has 0 saturated heterocycles. The minimum Gasteiger partial charge on any atom is -0.467 e. The van der Waals surface area contributed by atoms with Gasteiger partial charge in [-0.15, -0.1) is 0 Å². The van der Waals surface area contributed by atoms with Crippen LogP contribution in [0, 0.1) is 0 Å². The van der Waals surface area contributed by atoms with Gasteiger partial charge in [0, 0.05) is 16.2 Å². The maximum atomic E-state index is 12.1. The van der Waals surface area contributed by atoms with Crippen LogP contribution in [0.2, 0.25) is 0 Å². The first-order valence-electron chi connectivity index (χ1n) is 6.86. The van der Waals surface area contributed by atoms with Crippen LogP contribution >= 0.6 is 15.9 Å². The molecule has 23 heavy (non-hydrogen) atoms. The first-order chi connectivity index (χ1) is 11.2. The highest BCUT2D eigenvalue weighted by molar-refractivity contribution is 9.10. The van der Waals surface area contributed by atoms with Gasteiger partial charge in [-0.25, -0.2) is 9.97 Å². The number of benzene rings is 1. The third kappa shape index (κ3) is 4.17. The van der Waals surface area contributed by atoms with E-state index in [0.717, 1.165) is 10.2 Å². The quantitative estimate of drug-likeness (QED) is 0.716. The van der Waals surface area contributed by atoms with Gasteiger partial charge < -0.3 is 15.1 Å². The van der Waals surface area contributed by atoms with E-state index in [9.17, 15) is 4.79 Å². The van der Waals surface area contributed by atoms with Gasteiger partial charge in [-0.2, -0.15) is 0 Å². The lowest BCUT2D eigenvalue weighted by atomic mass is 10.3. The smallest absolute Gasteiger partial charge is 0.270 e. The van der Waals surface area contributed by atoms with Crippen molar-refractivity contribution in [3.63, 3.8) is 0 Å². The molecule has 0 fully saturated rings. The summed E-state index contributed by atoms with van der Waals surface area (Å²) in [6, 6.07) is 12.8. The fraction of sp³-hybridized carbons (Fsp3) is 0.0625. The first-order valence-corrected chi connectivity index (χ1v) is 7.65. The maximum absolute atomic E-state index is 12.1. The van der Waals surface area contributed by atoms with Crippen LogP contribution in [0.4, 0.5) is 11.5 Å². The highest BCUT2D eigenvalue weighted by Crippen LogP contribution is 2.18. The normalized spacial score (nSPS) is 10.3. The molecule has 116 valence electrons. The van der Waals surface area contributed by atoms with Crippen LogP contribution in [0.3, 0.4) is 0 Å². The van der Waals surface area contributed by atoms with Crippen LogP contribution in [0.15, 0.2) is 63.9 Å². The number of aromatic nitrogens is 2. The molecule has 0 radical (unpaired) electrons. The molecule has 2 aromatic heterocycles. The number of carbonyl (C=O) groups excluding carboxylic acids is 1. The third-order valence-corrected chi connectivity index (χ3v) is 3.55. The third-order valence-electron chi connectivity index (χ3n) is 3.02. The second kappa shape index (κ2) is 7.06. The highest BCUT2D eigenvalue weighted by Gasteiger charge is 2.09. The van der Waals surface area contributed by atoms with Crippen molar-refractivity contribution in [1.29, 1.82) is 0 Å². The highest BCUT2D eigenvalue weighted by atomic mass is 79.9. The number of rotatable bonds is 5. The lowest BCUT2D eigenvalue weighted by molar-refractivity contribution is 0.0943. The van der Waals surface area contributed by atoms with Crippen molar-refractivity contribution in [2.24, 2.45) is 0 Å². The molecule has 1 amide bonds.